The molecule has 0 aliphatic carbocycles. The summed E-state index contributed by atoms with van der Waals surface area (Å²) >= 11 is 0. The van der Waals surface area contributed by atoms with Gasteiger partial charge in [-0.3, -0.25) is 9.98 Å². The zero-order valence-corrected chi connectivity index (χ0v) is 21.6. The van der Waals surface area contributed by atoms with Crippen LogP contribution in [0.3, 0.4) is 0 Å². The molecule has 3 aliphatic rings. The van der Waals surface area contributed by atoms with E-state index in [0.717, 1.165) is 24.7 Å². The van der Waals surface area contributed by atoms with Crippen LogP contribution in [0.15, 0.2) is 35.5 Å². The summed E-state index contributed by atoms with van der Waals surface area (Å²) in [7, 11) is 0. The lowest BCUT2D eigenvalue weighted by Crippen LogP contribution is -2.48. The Bertz CT molecular complexity index is 1220. The summed E-state index contributed by atoms with van der Waals surface area (Å²) in [4.78, 5) is 18.2. The van der Waals surface area contributed by atoms with Gasteiger partial charge < -0.3 is 14.8 Å². The maximum Gasteiger partial charge on any atom is 0.0859 e. The Morgan fingerprint density at radius 1 is 1.03 bits per heavy atom. The molecular formula is C30H39N5. The molecule has 0 amide bonds. The van der Waals surface area contributed by atoms with Crippen LogP contribution >= 0.6 is 0 Å². The molecule has 0 bridgehead atoms. The van der Waals surface area contributed by atoms with E-state index in [-0.39, 0.29) is 0 Å². The average Bonchev–Trinajstić information content (AvgIpc) is 3.52. The molecule has 0 radical (unpaired) electrons. The maximum atomic E-state index is 4.65. The predicted molar refractivity (Wildman–Crippen MR) is 145 cm³/mol. The summed E-state index contributed by atoms with van der Waals surface area (Å²) in [6, 6.07) is 10.9. The van der Waals surface area contributed by atoms with Gasteiger partial charge in [0.25, 0.3) is 0 Å². The molecule has 0 saturated carbocycles. The van der Waals surface area contributed by atoms with Crippen molar-refractivity contribution in [1.29, 1.82) is 0 Å². The van der Waals surface area contributed by atoms with Crippen molar-refractivity contribution in [2.45, 2.75) is 77.4 Å². The van der Waals surface area contributed by atoms with Gasteiger partial charge in [0.05, 0.1) is 17.9 Å². The van der Waals surface area contributed by atoms with E-state index in [0.29, 0.717) is 12.0 Å². The van der Waals surface area contributed by atoms with Crippen LogP contribution in [0.4, 0.5) is 0 Å². The van der Waals surface area contributed by atoms with Gasteiger partial charge in [-0.25, -0.2) is 0 Å². The summed E-state index contributed by atoms with van der Waals surface area (Å²) in [6.07, 6.45) is 10.1. The van der Waals surface area contributed by atoms with E-state index in [4.69, 9.17) is 0 Å². The minimum absolute atomic E-state index is 0.674. The number of hydrogen-bond donors (Lipinski definition) is 1. The van der Waals surface area contributed by atoms with E-state index in [1.165, 1.54) is 90.7 Å². The van der Waals surface area contributed by atoms with Crippen LogP contribution in [0.5, 0.6) is 0 Å². The van der Waals surface area contributed by atoms with Crippen molar-refractivity contribution in [3.05, 3.63) is 52.8 Å². The number of hydrogen-bond acceptors (Lipinski definition) is 4. The maximum absolute atomic E-state index is 4.65. The molecule has 0 spiro atoms. The molecular weight excluding hydrogens is 430 g/mol. The van der Waals surface area contributed by atoms with Crippen molar-refractivity contribution < 1.29 is 0 Å². The Hall–Kier alpha value is -2.50. The number of aliphatic imine (C=N–C) groups is 1. The standard InChI is InChI=1S/C30H39N5/c1-4-26-27-16-22(21-7-11-35(12-8-21)25-9-13-34(14-10-25)20(2)3)5-6-28(27)33-30(26)24-15-23-17-31-19-29(23)32-18-24/h5-6,15-16,18-21,25,33H,4,7-14,17H2,1-3H3. The van der Waals surface area contributed by atoms with Crippen molar-refractivity contribution in [1.82, 2.24) is 19.8 Å². The Morgan fingerprint density at radius 3 is 2.57 bits per heavy atom. The third kappa shape index (κ3) is 4.34. The van der Waals surface area contributed by atoms with Crippen LogP contribution in [-0.4, -0.2) is 64.2 Å². The van der Waals surface area contributed by atoms with Crippen LogP contribution in [0.1, 0.15) is 74.8 Å². The number of nitrogens with one attached hydrogen (secondary N) is 1. The molecule has 2 fully saturated rings. The van der Waals surface area contributed by atoms with Crippen molar-refractivity contribution in [3.8, 4) is 11.3 Å². The van der Waals surface area contributed by atoms with Gasteiger partial charge in [0, 0.05) is 46.5 Å². The number of nitrogens with zero attached hydrogens (tertiary/aromatic N) is 4. The van der Waals surface area contributed by atoms with Crippen LogP contribution in [-0.2, 0) is 13.0 Å². The summed E-state index contributed by atoms with van der Waals surface area (Å²) in [5, 5.41) is 1.39. The number of piperidine rings is 2. The number of aryl methyl sites for hydroxylation is 1. The van der Waals surface area contributed by atoms with Gasteiger partial charge in [-0.05, 0) is 107 Å². The summed E-state index contributed by atoms with van der Waals surface area (Å²) in [6.45, 7) is 12.7. The summed E-state index contributed by atoms with van der Waals surface area (Å²) in [5.74, 6) is 0.674. The van der Waals surface area contributed by atoms with Gasteiger partial charge in [0.15, 0.2) is 0 Å². The number of H-pyrrole nitrogens is 1. The molecule has 5 heterocycles. The normalized spacial score (nSPS) is 20.3. The number of pyridine rings is 1. The lowest BCUT2D eigenvalue weighted by molar-refractivity contribution is 0.0753. The first-order valence-corrected chi connectivity index (χ1v) is 13.7. The second-order valence-corrected chi connectivity index (χ2v) is 11.0. The summed E-state index contributed by atoms with van der Waals surface area (Å²) < 4.78 is 0. The molecule has 2 aromatic heterocycles. The first-order chi connectivity index (χ1) is 17.1. The first-order valence-electron chi connectivity index (χ1n) is 13.7. The van der Waals surface area contributed by atoms with E-state index in [9.17, 15) is 0 Å². The fourth-order valence-electron chi connectivity index (χ4n) is 6.63. The van der Waals surface area contributed by atoms with Crippen LogP contribution < -0.4 is 0 Å². The van der Waals surface area contributed by atoms with Crippen molar-refractivity contribution >= 4 is 17.1 Å². The second kappa shape index (κ2) is 9.51. The Labute approximate surface area is 209 Å². The Balaban J connectivity index is 1.18. The molecule has 6 rings (SSSR count). The molecule has 184 valence electrons. The van der Waals surface area contributed by atoms with Crippen molar-refractivity contribution in [2.75, 3.05) is 26.2 Å². The molecule has 1 N–H and O–H groups in total. The smallest absolute Gasteiger partial charge is 0.0859 e. The fraction of sp³-hybridized carbons (Fsp3) is 0.533. The van der Waals surface area contributed by atoms with Gasteiger partial charge in [-0.1, -0.05) is 13.0 Å². The highest BCUT2D eigenvalue weighted by atomic mass is 15.2. The predicted octanol–water partition coefficient (Wildman–Crippen LogP) is 5.78. The van der Waals surface area contributed by atoms with Crippen LogP contribution in [0.2, 0.25) is 0 Å². The van der Waals surface area contributed by atoms with E-state index in [1.54, 1.807) is 0 Å². The number of aromatic nitrogens is 2. The Morgan fingerprint density at radius 2 is 1.83 bits per heavy atom. The quantitative estimate of drug-likeness (QED) is 0.515. The topological polar surface area (TPSA) is 47.5 Å². The monoisotopic (exact) mass is 469 g/mol. The molecule has 35 heavy (non-hydrogen) atoms. The van der Waals surface area contributed by atoms with Gasteiger partial charge in [0.2, 0.25) is 0 Å². The van der Waals surface area contributed by atoms with Gasteiger partial charge in [0.1, 0.15) is 0 Å². The minimum Gasteiger partial charge on any atom is -0.354 e. The van der Waals surface area contributed by atoms with E-state index < -0.39 is 0 Å². The molecule has 2 saturated heterocycles. The molecule has 3 aromatic rings. The largest absolute Gasteiger partial charge is 0.354 e. The number of benzene rings is 1. The minimum atomic E-state index is 0.674. The van der Waals surface area contributed by atoms with Gasteiger partial charge in [-0.15, -0.1) is 0 Å². The van der Waals surface area contributed by atoms with Crippen molar-refractivity contribution in [3.63, 3.8) is 0 Å². The van der Waals surface area contributed by atoms with E-state index in [2.05, 4.69) is 69.8 Å². The Kier molecular flexibility index (Phi) is 6.23. The molecule has 5 nitrogen and oxygen atoms in total. The van der Waals surface area contributed by atoms with Crippen LogP contribution in [0, 0.1) is 0 Å². The molecule has 1 aromatic carbocycles. The molecule has 0 atom stereocenters. The average molecular weight is 470 g/mol. The molecule has 5 heteroatoms. The molecule has 0 unspecified atom stereocenters. The van der Waals surface area contributed by atoms with Gasteiger partial charge in [-0.2, -0.15) is 0 Å². The number of likely N-dealkylation sites (tertiary alicyclic amines) is 2. The molecule has 3 aliphatic heterocycles. The van der Waals surface area contributed by atoms with Crippen LogP contribution in [0.25, 0.3) is 22.2 Å². The second-order valence-electron chi connectivity index (χ2n) is 11.0. The third-order valence-electron chi connectivity index (χ3n) is 8.80. The number of fused-ring (bicyclic) bond motifs is 2. The SMILES string of the molecule is CCc1c(-c2cnc3c(c2)CN=C3)[nH]c2ccc(C3CCN(C4CCN(C(C)C)CC4)CC3)cc12. The third-order valence-corrected chi connectivity index (χ3v) is 8.80. The zero-order valence-electron chi connectivity index (χ0n) is 21.6. The van der Waals surface area contributed by atoms with E-state index in [1.807, 2.05) is 12.4 Å². The summed E-state index contributed by atoms with van der Waals surface area (Å²) in [5.41, 5.74) is 8.83. The number of rotatable bonds is 5. The first kappa shape index (κ1) is 22.9. The highest BCUT2D eigenvalue weighted by Crippen LogP contribution is 2.36. The lowest BCUT2D eigenvalue weighted by Gasteiger charge is -2.43. The van der Waals surface area contributed by atoms with Crippen molar-refractivity contribution in [2.24, 2.45) is 4.99 Å². The highest BCUT2D eigenvalue weighted by Gasteiger charge is 2.29. The van der Waals surface area contributed by atoms with E-state index >= 15 is 0 Å². The highest BCUT2D eigenvalue weighted by molar-refractivity contribution is 5.92. The number of aromatic amines is 1. The lowest BCUT2D eigenvalue weighted by atomic mass is 9.87. The van der Waals surface area contributed by atoms with Gasteiger partial charge >= 0.3 is 0 Å². The fourth-order valence-corrected chi connectivity index (χ4v) is 6.63. The zero-order chi connectivity index (χ0) is 23.9.